The maximum absolute atomic E-state index is 12.3. The highest BCUT2D eigenvalue weighted by molar-refractivity contribution is 6.02. The van der Waals surface area contributed by atoms with Crippen molar-refractivity contribution in [2.75, 3.05) is 14.2 Å². The second-order valence-corrected chi connectivity index (χ2v) is 6.95. The number of amides is 2. The molecule has 3 rings (SSSR count). The van der Waals surface area contributed by atoms with Crippen molar-refractivity contribution in [2.24, 2.45) is 5.10 Å². The molecule has 2 amide bonds. The lowest BCUT2D eigenvalue weighted by Crippen LogP contribution is -2.43. The molecule has 0 aliphatic heterocycles. The maximum atomic E-state index is 12.3. The predicted octanol–water partition coefficient (Wildman–Crippen LogP) is 3.05. The fraction of sp³-hybridized carbons (Fsp3) is 0.208. The molecule has 3 aromatic rings. The van der Waals surface area contributed by atoms with Gasteiger partial charge in [-0.15, -0.1) is 0 Å². The van der Waals surface area contributed by atoms with Crippen LogP contribution in [0.5, 0.6) is 11.5 Å². The average Bonchev–Trinajstić information content (AvgIpc) is 2.79. The average molecular weight is 419 g/mol. The quantitative estimate of drug-likeness (QED) is 0.434. The van der Waals surface area contributed by atoms with E-state index in [0.29, 0.717) is 5.75 Å². The molecule has 0 saturated carbocycles. The lowest BCUT2D eigenvalue weighted by Gasteiger charge is -2.12. The molecule has 1 unspecified atom stereocenters. The molecule has 0 saturated heterocycles. The van der Waals surface area contributed by atoms with E-state index in [0.717, 1.165) is 27.6 Å². The molecule has 1 atom stereocenters. The predicted molar refractivity (Wildman–Crippen MR) is 121 cm³/mol. The summed E-state index contributed by atoms with van der Waals surface area (Å²) in [5.74, 6) is 0.696. The molecule has 0 fully saturated rings. The number of hydrogen-bond donors (Lipinski definition) is 2. The molecule has 0 aliphatic rings. The minimum atomic E-state index is -0.739. The van der Waals surface area contributed by atoms with Crippen molar-refractivity contribution in [2.45, 2.75) is 19.4 Å². The van der Waals surface area contributed by atoms with Gasteiger partial charge in [0.05, 0.1) is 26.9 Å². The molecular formula is C24H25N3O4. The minimum absolute atomic E-state index is 0.165. The lowest BCUT2D eigenvalue weighted by molar-refractivity contribution is -0.128. The number of hydrazone groups is 1. The zero-order valence-corrected chi connectivity index (χ0v) is 17.7. The van der Waals surface area contributed by atoms with Crippen molar-refractivity contribution < 1.29 is 19.1 Å². The van der Waals surface area contributed by atoms with Crippen molar-refractivity contribution in [3.8, 4) is 11.5 Å². The monoisotopic (exact) mass is 419 g/mol. The molecule has 0 spiro atoms. The van der Waals surface area contributed by atoms with Crippen LogP contribution in [-0.4, -0.2) is 38.3 Å². The highest BCUT2D eigenvalue weighted by Gasteiger charge is 2.15. The van der Waals surface area contributed by atoms with E-state index in [2.05, 4.69) is 15.8 Å². The normalized spacial score (nSPS) is 11.8. The van der Waals surface area contributed by atoms with Crippen LogP contribution in [0.3, 0.4) is 0 Å². The SMILES string of the molecule is COc1ccc(CC(=O)NC(C)C(=O)NN=Cc2c(OC)ccc3ccccc23)cc1. The van der Waals surface area contributed by atoms with E-state index in [-0.39, 0.29) is 12.3 Å². The first-order chi connectivity index (χ1) is 15.0. The van der Waals surface area contributed by atoms with E-state index in [9.17, 15) is 9.59 Å². The van der Waals surface area contributed by atoms with E-state index in [4.69, 9.17) is 9.47 Å². The van der Waals surface area contributed by atoms with Gasteiger partial charge in [0.1, 0.15) is 17.5 Å². The van der Waals surface area contributed by atoms with Crippen LogP contribution >= 0.6 is 0 Å². The van der Waals surface area contributed by atoms with Crippen LogP contribution in [0.1, 0.15) is 18.1 Å². The molecule has 0 radical (unpaired) electrons. The first kappa shape index (κ1) is 21.8. The zero-order valence-electron chi connectivity index (χ0n) is 17.7. The summed E-state index contributed by atoms with van der Waals surface area (Å²) < 4.78 is 10.5. The number of rotatable bonds is 8. The Kier molecular flexibility index (Phi) is 7.22. The van der Waals surface area contributed by atoms with Crippen LogP contribution in [0.15, 0.2) is 65.8 Å². The number of methoxy groups -OCH3 is 2. The van der Waals surface area contributed by atoms with Gasteiger partial charge in [-0.2, -0.15) is 5.10 Å². The maximum Gasteiger partial charge on any atom is 0.262 e. The van der Waals surface area contributed by atoms with E-state index in [1.807, 2.05) is 48.5 Å². The Labute approximate surface area is 181 Å². The van der Waals surface area contributed by atoms with Crippen LogP contribution < -0.4 is 20.2 Å². The number of ether oxygens (including phenoxy) is 2. The molecular weight excluding hydrogens is 394 g/mol. The van der Waals surface area contributed by atoms with E-state index < -0.39 is 11.9 Å². The van der Waals surface area contributed by atoms with Gasteiger partial charge in [-0.25, -0.2) is 5.43 Å². The molecule has 0 heterocycles. The fourth-order valence-corrected chi connectivity index (χ4v) is 3.13. The van der Waals surface area contributed by atoms with Crippen molar-refractivity contribution in [1.82, 2.24) is 10.7 Å². The number of hydrogen-bond acceptors (Lipinski definition) is 5. The smallest absolute Gasteiger partial charge is 0.262 e. The lowest BCUT2D eigenvalue weighted by atomic mass is 10.0. The molecule has 7 heteroatoms. The van der Waals surface area contributed by atoms with Crippen LogP contribution in [0, 0.1) is 0 Å². The Bertz CT molecular complexity index is 1090. The second kappa shape index (κ2) is 10.2. The van der Waals surface area contributed by atoms with Crippen molar-refractivity contribution >= 4 is 28.8 Å². The van der Waals surface area contributed by atoms with Crippen molar-refractivity contribution in [3.05, 3.63) is 71.8 Å². The summed E-state index contributed by atoms with van der Waals surface area (Å²) in [6.07, 6.45) is 1.71. The first-order valence-electron chi connectivity index (χ1n) is 9.82. The van der Waals surface area contributed by atoms with Crippen molar-refractivity contribution in [1.29, 1.82) is 0 Å². The standard InChI is InChI=1S/C24H25N3O4/c1-16(26-23(28)14-17-8-11-19(30-2)12-9-17)24(29)27-25-15-21-20-7-5-4-6-18(20)10-13-22(21)31-3/h4-13,15-16H,14H2,1-3H3,(H,26,28)(H,27,29). The second-order valence-electron chi connectivity index (χ2n) is 6.95. The summed E-state index contributed by atoms with van der Waals surface area (Å²) in [6, 6.07) is 18.1. The fourth-order valence-electron chi connectivity index (χ4n) is 3.13. The Morgan fingerprint density at radius 2 is 1.74 bits per heavy atom. The molecule has 0 bridgehead atoms. The number of nitrogens with zero attached hydrogens (tertiary/aromatic N) is 1. The largest absolute Gasteiger partial charge is 0.497 e. The Morgan fingerprint density at radius 1 is 1.00 bits per heavy atom. The third-order valence-electron chi connectivity index (χ3n) is 4.81. The number of benzene rings is 3. The number of carbonyl (C=O) groups excluding carboxylic acids is 2. The summed E-state index contributed by atoms with van der Waals surface area (Å²) in [5, 5.41) is 8.74. The van der Waals surface area contributed by atoms with Crippen LogP contribution in [0.25, 0.3) is 10.8 Å². The highest BCUT2D eigenvalue weighted by Crippen LogP contribution is 2.26. The van der Waals surface area contributed by atoms with Gasteiger partial charge in [-0.05, 0) is 41.5 Å². The highest BCUT2D eigenvalue weighted by atomic mass is 16.5. The van der Waals surface area contributed by atoms with Gasteiger partial charge in [0.15, 0.2) is 0 Å². The van der Waals surface area contributed by atoms with Gasteiger partial charge in [-0.1, -0.05) is 42.5 Å². The minimum Gasteiger partial charge on any atom is -0.497 e. The number of nitrogens with one attached hydrogen (secondary N) is 2. The summed E-state index contributed by atoms with van der Waals surface area (Å²) in [4.78, 5) is 24.6. The van der Waals surface area contributed by atoms with Gasteiger partial charge in [0, 0.05) is 5.56 Å². The van der Waals surface area contributed by atoms with Gasteiger partial charge >= 0.3 is 0 Å². The van der Waals surface area contributed by atoms with E-state index in [1.54, 1.807) is 39.5 Å². The van der Waals surface area contributed by atoms with E-state index in [1.165, 1.54) is 0 Å². The third-order valence-corrected chi connectivity index (χ3v) is 4.81. The summed E-state index contributed by atoms with van der Waals surface area (Å²) in [6.45, 7) is 1.61. The van der Waals surface area contributed by atoms with Crippen LogP contribution in [0.4, 0.5) is 0 Å². The van der Waals surface area contributed by atoms with Gasteiger partial charge in [0.25, 0.3) is 5.91 Å². The van der Waals surface area contributed by atoms with Gasteiger partial charge in [-0.3, -0.25) is 9.59 Å². The van der Waals surface area contributed by atoms with Crippen molar-refractivity contribution in [3.63, 3.8) is 0 Å². The number of carbonyl (C=O) groups is 2. The molecule has 7 nitrogen and oxygen atoms in total. The van der Waals surface area contributed by atoms with Crippen LogP contribution in [0.2, 0.25) is 0 Å². The zero-order chi connectivity index (χ0) is 22.2. The third kappa shape index (κ3) is 5.60. The Morgan fingerprint density at radius 3 is 2.45 bits per heavy atom. The summed E-state index contributed by atoms with van der Waals surface area (Å²) in [5.41, 5.74) is 4.06. The Balaban J connectivity index is 1.59. The molecule has 0 aliphatic carbocycles. The topological polar surface area (TPSA) is 89.0 Å². The first-order valence-corrected chi connectivity index (χ1v) is 9.82. The van der Waals surface area contributed by atoms with Gasteiger partial charge in [0.2, 0.25) is 5.91 Å². The molecule has 0 aromatic heterocycles. The summed E-state index contributed by atoms with van der Waals surface area (Å²) >= 11 is 0. The number of fused-ring (bicyclic) bond motifs is 1. The van der Waals surface area contributed by atoms with Crippen LogP contribution in [-0.2, 0) is 16.0 Å². The summed E-state index contributed by atoms with van der Waals surface area (Å²) in [7, 11) is 3.17. The Hall–Kier alpha value is -3.87. The van der Waals surface area contributed by atoms with E-state index >= 15 is 0 Å². The molecule has 160 valence electrons. The molecule has 3 aromatic carbocycles. The molecule has 31 heavy (non-hydrogen) atoms. The molecule has 2 N–H and O–H groups in total. The van der Waals surface area contributed by atoms with Gasteiger partial charge < -0.3 is 14.8 Å².